The van der Waals surface area contributed by atoms with Crippen molar-refractivity contribution in [1.82, 2.24) is 20.9 Å². The first-order valence-corrected chi connectivity index (χ1v) is 28.8. The van der Waals surface area contributed by atoms with Gasteiger partial charge < -0.3 is 48.3 Å². The number of unbranched alkanes of at least 4 members (excludes halogenated alkanes) is 1. The molecule has 1 aliphatic rings. The lowest BCUT2D eigenvalue weighted by atomic mass is 9.86. The Hall–Kier alpha value is -6.38. The third kappa shape index (κ3) is 17.3. The third-order valence-electron chi connectivity index (χ3n) is 14.4. The number of aromatic hydroxyl groups is 1. The van der Waals surface area contributed by atoms with Gasteiger partial charge in [0.15, 0.2) is 23.1 Å². The molecule has 1 saturated heterocycles. The number of hydrogen-bond acceptors (Lipinski definition) is 14. The van der Waals surface area contributed by atoms with Crippen LogP contribution in [0.25, 0.3) is 21.7 Å². The first kappa shape index (κ1) is 59.9. The molecule has 6 rings (SSSR count). The second-order valence-electron chi connectivity index (χ2n) is 20.6. The molecule has 0 radical (unpaired) electrons. The van der Waals surface area contributed by atoms with E-state index in [1.807, 2.05) is 66.7 Å². The number of rotatable bonds is 19. The maximum atomic E-state index is 15.0. The number of benzene rings is 4. The number of phenols is 1. The molecule has 77 heavy (non-hydrogen) atoms. The Morgan fingerprint density at radius 2 is 1.38 bits per heavy atom. The van der Waals surface area contributed by atoms with Gasteiger partial charge in [-0.3, -0.25) is 38.4 Å². The fourth-order valence-corrected chi connectivity index (χ4v) is 12.2. The molecule has 0 saturated carbocycles. The Bertz CT molecular complexity index is 2870. The molecule has 1 aliphatic heterocycles. The van der Waals surface area contributed by atoms with E-state index in [1.165, 1.54) is 19.1 Å². The Morgan fingerprint density at radius 1 is 0.727 bits per heavy atom. The topological polar surface area (TPSA) is 307 Å². The third-order valence-corrected chi connectivity index (χ3v) is 16.9. The molecule has 19 heteroatoms. The Labute approximate surface area is 457 Å². The highest BCUT2D eigenvalue weighted by Gasteiger charge is 2.37. The molecule has 5 aromatic rings. The number of fused-ring (bicyclic) bond motifs is 2. The van der Waals surface area contributed by atoms with Crippen molar-refractivity contribution in [3.8, 4) is 5.75 Å². The van der Waals surface area contributed by atoms with E-state index < -0.39 is 113 Å². The minimum Gasteiger partial charge on any atom is -0.508 e. The van der Waals surface area contributed by atoms with Crippen LogP contribution in [0, 0.1) is 29.6 Å². The van der Waals surface area contributed by atoms with E-state index in [2.05, 4.69) is 20.9 Å². The minimum atomic E-state index is -1.29. The summed E-state index contributed by atoms with van der Waals surface area (Å²) in [6, 6.07) is 22.6. The van der Waals surface area contributed by atoms with Crippen LogP contribution >= 0.6 is 21.6 Å². The smallest absolute Gasteiger partial charge is 0.225 e. The molecule has 412 valence electrons. The number of amides is 4. The zero-order valence-electron chi connectivity index (χ0n) is 43.9. The number of aromatic amines is 1. The summed E-state index contributed by atoms with van der Waals surface area (Å²) in [4.78, 5) is 118. The van der Waals surface area contributed by atoms with E-state index in [-0.39, 0.29) is 62.2 Å². The van der Waals surface area contributed by atoms with Crippen molar-refractivity contribution in [2.75, 3.05) is 18.1 Å². The molecule has 17 nitrogen and oxygen atoms in total. The number of aromatic nitrogens is 1. The highest BCUT2D eigenvalue weighted by atomic mass is 33.1. The van der Waals surface area contributed by atoms with E-state index >= 15 is 4.79 Å². The van der Waals surface area contributed by atoms with Gasteiger partial charge in [0, 0.05) is 66.1 Å². The maximum Gasteiger partial charge on any atom is 0.225 e. The van der Waals surface area contributed by atoms with Gasteiger partial charge >= 0.3 is 0 Å². The normalized spacial score (nSPS) is 21.9. The van der Waals surface area contributed by atoms with Crippen LogP contribution in [-0.4, -0.2) is 110 Å². The molecule has 0 aliphatic carbocycles. The highest BCUT2D eigenvalue weighted by molar-refractivity contribution is 8.76. The summed E-state index contributed by atoms with van der Waals surface area (Å²) in [6.07, 6.45) is 0.309. The van der Waals surface area contributed by atoms with E-state index in [1.54, 1.807) is 32.2 Å². The Morgan fingerprint density at radius 3 is 2.08 bits per heavy atom. The van der Waals surface area contributed by atoms with E-state index in [0.717, 1.165) is 54.4 Å². The van der Waals surface area contributed by atoms with E-state index in [9.17, 15) is 43.8 Å². The summed E-state index contributed by atoms with van der Waals surface area (Å²) in [5.74, 6) is -9.76. The monoisotopic (exact) mass is 1090 g/mol. The largest absolute Gasteiger partial charge is 0.508 e. The molecule has 4 aromatic carbocycles. The maximum absolute atomic E-state index is 15.0. The number of H-pyrrole nitrogens is 1. The average Bonchev–Trinajstić information content (AvgIpc) is 3.81. The summed E-state index contributed by atoms with van der Waals surface area (Å²) in [7, 11) is 2.26. The number of carbonyl (C=O) groups excluding carboxylic acids is 8. The summed E-state index contributed by atoms with van der Waals surface area (Å²) in [6.45, 7) is 5.17. The van der Waals surface area contributed by atoms with Crippen molar-refractivity contribution in [2.24, 2.45) is 46.8 Å². The van der Waals surface area contributed by atoms with Crippen molar-refractivity contribution < 1.29 is 48.6 Å². The summed E-state index contributed by atoms with van der Waals surface area (Å²) in [5, 5.41) is 32.1. The SMILES string of the molecule is CC(C)[C@H]1CC(=O)[C@@H](CCCCN)NC(=O)[C@H](Cc2c[nH]c3ccccc23)CC(=O)[C@@H](Cc2ccc(O)cc2)NC(=O)[C@H](CC(=O)[C@@H](N)Cc2ccc3ccccc3c2)CSSC[C@H](C(=O)C[C@@H](C(N)=O)C(C)O)NC1=O. The second kappa shape index (κ2) is 28.8. The summed E-state index contributed by atoms with van der Waals surface area (Å²) >= 11 is 0. The number of Topliss-reactive ketones (excluding diaryl/α,β-unsaturated/α-hetero) is 4. The van der Waals surface area contributed by atoms with Crippen molar-refractivity contribution in [1.29, 1.82) is 0 Å². The van der Waals surface area contributed by atoms with Crippen molar-refractivity contribution in [3.05, 3.63) is 114 Å². The van der Waals surface area contributed by atoms with Gasteiger partial charge in [-0.1, -0.05) is 108 Å². The zero-order valence-corrected chi connectivity index (χ0v) is 45.5. The predicted octanol–water partition coefficient (Wildman–Crippen LogP) is 5.18. The van der Waals surface area contributed by atoms with Crippen molar-refractivity contribution in [3.63, 3.8) is 0 Å². The van der Waals surface area contributed by atoms with E-state index in [0.29, 0.717) is 24.9 Å². The highest BCUT2D eigenvalue weighted by Crippen LogP contribution is 2.30. The Kier molecular flexibility index (Phi) is 22.4. The van der Waals surface area contributed by atoms with Gasteiger partial charge in [0.25, 0.3) is 0 Å². The van der Waals surface area contributed by atoms with Crippen LogP contribution in [0.5, 0.6) is 5.75 Å². The number of para-hydroxylation sites is 1. The lowest BCUT2D eigenvalue weighted by Gasteiger charge is -2.28. The van der Waals surface area contributed by atoms with Gasteiger partial charge in [0.2, 0.25) is 23.6 Å². The van der Waals surface area contributed by atoms with Crippen LogP contribution in [0.1, 0.15) is 82.4 Å². The molecule has 1 fully saturated rings. The van der Waals surface area contributed by atoms with Gasteiger partial charge in [-0.2, -0.15) is 0 Å². The Balaban J connectivity index is 1.39. The van der Waals surface area contributed by atoms with Gasteiger partial charge in [-0.25, -0.2) is 0 Å². The molecule has 12 N–H and O–H groups in total. The zero-order chi connectivity index (χ0) is 55.8. The molecule has 0 bridgehead atoms. The summed E-state index contributed by atoms with van der Waals surface area (Å²) in [5.41, 5.74) is 21.0. The van der Waals surface area contributed by atoms with Crippen LogP contribution in [0.2, 0.25) is 0 Å². The molecular formula is C58H73N7O10S2. The van der Waals surface area contributed by atoms with Crippen LogP contribution in [0.15, 0.2) is 97.2 Å². The number of ketones is 4. The van der Waals surface area contributed by atoms with Gasteiger partial charge in [0.1, 0.15) is 5.75 Å². The number of nitrogens with two attached hydrogens (primary N) is 3. The first-order valence-electron chi connectivity index (χ1n) is 26.3. The first-order chi connectivity index (χ1) is 36.8. The molecule has 1 aromatic heterocycles. The van der Waals surface area contributed by atoms with Crippen LogP contribution in [-0.2, 0) is 57.6 Å². The quantitative estimate of drug-likeness (QED) is 0.0380. The molecule has 1 unspecified atom stereocenters. The molecule has 9 atom stereocenters. The number of primary amides is 1. The number of aliphatic hydroxyl groups excluding tert-OH is 1. The fraction of sp³-hybridized carbons (Fsp3) is 0.448. The number of carbonyl (C=O) groups is 8. The number of phenolic OH excluding ortho intramolecular Hbond substituents is 1. The number of hydrogen-bond donors (Lipinski definition) is 9. The van der Waals surface area contributed by atoms with Crippen molar-refractivity contribution in [2.45, 2.75) is 115 Å². The van der Waals surface area contributed by atoms with Crippen LogP contribution in [0.3, 0.4) is 0 Å². The van der Waals surface area contributed by atoms with E-state index in [4.69, 9.17) is 17.2 Å². The van der Waals surface area contributed by atoms with Gasteiger partial charge in [-0.15, -0.1) is 0 Å². The van der Waals surface area contributed by atoms with Gasteiger partial charge in [-0.05, 0) is 104 Å². The molecule has 2 heterocycles. The fourth-order valence-electron chi connectivity index (χ4n) is 9.66. The van der Waals surface area contributed by atoms with Crippen molar-refractivity contribution >= 4 is 90.0 Å². The van der Waals surface area contributed by atoms with Crippen LogP contribution in [0.4, 0.5) is 0 Å². The minimum absolute atomic E-state index is 0.0154. The number of aliphatic hydroxyl groups is 1. The lowest BCUT2D eigenvalue weighted by molar-refractivity contribution is -0.136. The second-order valence-corrected chi connectivity index (χ2v) is 23.2. The molecule has 4 amide bonds. The summed E-state index contributed by atoms with van der Waals surface area (Å²) < 4.78 is 0. The standard InChI is InChI=1S/C58H73N7O10S2/c1-33(2)44-28-53(70)48(14-8-9-21-59)63-56(73)39(25-40-30-62-47-13-7-6-12-43(40)47)26-52(69)49(24-35-16-19-42(67)20-17-35)64-57(74)41(27-51(68)46(60)23-36-15-18-37-10-4-5-11-38(37)22-36)31-76-77-32-50(65-58(44)75)54(71)29-45(34(3)66)55(61)72/h4-7,10-13,15-20,22,30,33-34,39,41,44-46,48-50,62,66-67H,8-9,14,21,23-29,31-32,59-60H2,1-3H3,(H2,61,72)(H,63,73)(H,64,74)(H,65,75)/t34?,39-,41-,44-,45-,46+,48-,49-,50-/m1/s1. The van der Waals surface area contributed by atoms with Gasteiger partial charge in [0.05, 0.1) is 42.1 Å². The average molecular weight is 1090 g/mol. The predicted molar refractivity (Wildman–Crippen MR) is 301 cm³/mol. The lowest BCUT2D eigenvalue weighted by Crippen LogP contribution is -2.50. The number of nitrogens with one attached hydrogen (secondary N) is 4. The molecule has 0 spiro atoms. The van der Waals surface area contributed by atoms with Crippen LogP contribution < -0.4 is 33.2 Å². The molecular weight excluding hydrogens is 1020 g/mol.